The Labute approximate surface area is 137 Å². The normalized spacial score (nSPS) is 11.5. The van der Waals surface area contributed by atoms with Gasteiger partial charge in [-0.05, 0) is 36.4 Å². The molecule has 0 aliphatic heterocycles. The minimum absolute atomic E-state index is 0.249. The molecule has 0 radical (unpaired) electrons. The molecular weight excluding hydrogens is 342 g/mol. The summed E-state index contributed by atoms with van der Waals surface area (Å²) in [4.78, 5) is 0. The van der Waals surface area contributed by atoms with Crippen molar-refractivity contribution in [1.29, 1.82) is 0 Å². The third-order valence-electron chi connectivity index (χ3n) is 3.05. The largest absolute Gasteiger partial charge is 0.279 e. The van der Waals surface area contributed by atoms with Gasteiger partial charge in [0.1, 0.15) is 4.21 Å². The Bertz CT molecular complexity index is 898. The van der Waals surface area contributed by atoms with Crippen molar-refractivity contribution in [2.45, 2.75) is 4.21 Å². The number of benzene rings is 1. The van der Waals surface area contributed by atoms with Crippen molar-refractivity contribution in [2.24, 2.45) is 7.05 Å². The zero-order chi connectivity index (χ0) is 15.7. The first kappa shape index (κ1) is 15.1. The van der Waals surface area contributed by atoms with Crippen LogP contribution in [0.5, 0.6) is 0 Å². The lowest BCUT2D eigenvalue weighted by atomic mass is 10.2. The summed E-state index contributed by atoms with van der Waals surface area (Å²) in [6.45, 7) is 0. The molecule has 0 fully saturated rings. The Morgan fingerprint density at radius 2 is 1.95 bits per heavy atom. The molecule has 0 spiro atoms. The molecule has 0 aliphatic rings. The maximum atomic E-state index is 12.4. The molecule has 0 aliphatic carbocycles. The summed E-state index contributed by atoms with van der Waals surface area (Å²) >= 11 is 6.96. The number of nitrogens with zero attached hydrogens (tertiary/aromatic N) is 2. The third kappa shape index (κ3) is 3.01. The van der Waals surface area contributed by atoms with Crippen LogP contribution in [0.1, 0.15) is 0 Å². The molecule has 3 rings (SSSR count). The van der Waals surface area contributed by atoms with Gasteiger partial charge in [0.05, 0.1) is 5.69 Å². The average Bonchev–Trinajstić information content (AvgIpc) is 3.10. The summed E-state index contributed by atoms with van der Waals surface area (Å²) in [7, 11) is -1.80. The number of thiophene rings is 1. The minimum atomic E-state index is -3.61. The number of aryl methyl sites for hydroxylation is 1. The predicted molar refractivity (Wildman–Crippen MR) is 88.8 cm³/mol. The molecule has 3 aromatic rings. The fourth-order valence-corrected chi connectivity index (χ4v) is 4.33. The van der Waals surface area contributed by atoms with Gasteiger partial charge in [-0.25, -0.2) is 8.42 Å². The van der Waals surface area contributed by atoms with E-state index in [1.165, 1.54) is 11.3 Å². The van der Waals surface area contributed by atoms with Gasteiger partial charge in [-0.2, -0.15) is 5.10 Å². The van der Waals surface area contributed by atoms with Crippen LogP contribution in [0.3, 0.4) is 0 Å². The Hall–Kier alpha value is -1.83. The first-order valence-corrected chi connectivity index (χ1v) is 9.05. The van der Waals surface area contributed by atoms with Crippen molar-refractivity contribution < 1.29 is 8.42 Å². The number of anilines is 1. The number of sulfonamides is 1. The fraction of sp³-hybridized carbons (Fsp3) is 0.0714. The van der Waals surface area contributed by atoms with Crippen LogP contribution in [0.2, 0.25) is 5.02 Å². The van der Waals surface area contributed by atoms with Crippen molar-refractivity contribution in [3.05, 3.63) is 53.0 Å². The van der Waals surface area contributed by atoms with E-state index in [0.29, 0.717) is 10.7 Å². The highest BCUT2D eigenvalue weighted by molar-refractivity contribution is 7.94. The molecule has 0 saturated carbocycles. The van der Waals surface area contributed by atoms with Gasteiger partial charge < -0.3 is 0 Å². The lowest BCUT2D eigenvalue weighted by Gasteiger charge is -2.05. The van der Waals surface area contributed by atoms with E-state index in [4.69, 9.17) is 11.6 Å². The molecule has 1 N–H and O–H groups in total. The van der Waals surface area contributed by atoms with Gasteiger partial charge in [0.2, 0.25) is 0 Å². The van der Waals surface area contributed by atoms with Gasteiger partial charge in [-0.3, -0.25) is 9.40 Å². The Kier molecular flexibility index (Phi) is 3.94. The number of rotatable bonds is 4. The maximum absolute atomic E-state index is 12.4. The molecule has 0 unspecified atom stereocenters. The highest BCUT2D eigenvalue weighted by atomic mass is 35.5. The van der Waals surface area contributed by atoms with Crippen LogP contribution < -0.4 is 4.72 Å². The van der Waals surface area contributed by atoms with E-state index in [-0.39, 0.29) is 4.21 Å². The van der Waals surface area contributed by atoms with Gasteiger partial charge in [0.25, 0.3) is 10.0 Å². The van der Waals surface area contributed by atoms with Crippen LogP contribution in [0.15, 0.2) is 52.2 Å². The monoisotopic (exact) mass is 353 g/mol. The molecule has 5 nitrogen and oxygen atoms in total. The van der Waals surface area contributed by atoms with Gasteiger partial charge in [-0.15, -0.1) is 11.3 Å². The van der Waals surface area contributed by atoms with Crippen LogP contribution in [0.4, 0.5) is 5.69 Å². The molecule has 0 saturated heterocycles. The van der Waals surface area contributed by atoms with Gasteiger partial charge in [0, 0.05) is 34.9 Å². The fourth-order valence-electron chi connectivity index (χ4n) is 1.97. The number of nitrogens with one attached hydrogen (secondary N) is 1. The molecule has 0 atom stereocenters. The van der Waals surface area contributed by atoms with E-state index in [1.54, 1.807) is 46.6 Å². The van der Waals surface area contributed by atoms with Gasteiger partial charge >= 0.3 is 0 Å². The molecule has 114 valence electrons. The summed E-state index contributed by atoms with van der Waals surface area (Å²) in [5.74, 6) is 0. The third-order valence-corrected chi connectivity index (χ3v) is 6.13. The van der Waals surface area contributed by atoms with Crippen LogP contribution in [-0.4, -0.2) is 18.2 Å². The minimum Gasteiger partial charge on any atom is -0.279 e. The molecule has 22 heavy (non-hydrogen) atoms. The highest BCUT2D eigenvalue weighted by Crippen LogP contribution is 2.29. The van der Waals surface area contributed by atoms with Crippen LogP contribution in [0.25, 0.3) is 11.3 Å². The second-order valence-corrected chi connectivity index (χ2v) is 7.86. The second-order valence-electron chi connectivity index (χ2n) is 4.61. The van der Waals surface area contributed by atoms with E-state index in [9.17, 15) is 8.42 Å². The lowest BCUT2D eigenvalue weighted by molar-refractivity contribution is 0.603. The molecule has 0 bridgehead atoms. The standard InChI is InChI=1S/C14H12ClN3O2S2/c1-18-13(6-7-16-18)10-8-14(21-9-10)22(19,20)17-12-4-2-11(15)3-5-12/h2-9,17H,1H3. The number of halogens is 1. The topological polar surface area (TPSA) is 64.0 Å². The quantitative estimate of drug-likeness (QED) is 0.779. The zero-order valence-corrected chi connectivity index (χ0v) is 13.9. The summed E-state index contributed by atoms with van der Waals surface area (Å²) in [6.07, 6.45) is 1.67. The zero-order valence-electron chi connectivity index (χ0n) is 11.5. The Morgan fingerprint density at radius 3 is 2.59 bits per heavy atom. The smallest absolute Gasteiger partial charge is 0.271 e. The molecule has 2 aromatic heterocycles. The summed E-state index contributed by atoms with van der Waals surface area (Å²) in [6, 6.07) is 9.99. The molecule has 8 heteroatoms. The predicted octanol–water partition coefficient (Wildman–Crippen LogP) is 3.60. The van der Waals surface area contributed by atoms with Crippen molar-refractivity contribution in [3.8, 4) is 11.3 Å². The number of aromatic nitrogens is 2. The summed E-state index contributed by atoms with van der Waals surface area (Å²) in [5.41, 5.74) is 2.16. The SMILES string of the molecule is Cn1nccc1-c1csc(S(=O)(=O)Nc2ccc(Cl)cc2)c1. The van der Waals surface area contributed by atoms with Crippen LogP contribution in [0, 0.1) is 0 Å². The van der Waals surface area contributed by atoms with Gasteiger partial charge in [-0.1, -0.05) is 11.6 Å². The number of hydrogen-bond acceptors (Lipinski definition) is 4. The summed E-state index contributed by atoms with van der Waals surface area (Å²) < 4.78 is 29.3. The Morgan fingerprint density at radius 1 is 1.23 bits per heavy atom. The van der Waals surface area contributed by atoms with E-state index in [1.807, 2.05) is 13.1 Å². The lowest BCUT2D eigenvalue weighted by Crippen LogP contribution is -2.11. The Balaban J connectivity index is 1.88. The average molecular weight is 354 g/mol. The van der Waals surface area contributed by atoms with Crippen molar-refractivity contribution in [2.75, 3.05) is 4.72 Å². The molecule has 1 aromatic carbocycles. The number of hydrogen-bond donors (Lipinski definition) is 1. The molecule has 2 heterocycles. The maximum Gasteiger partial charge on any atom is 0.271 e. The van der Waals surface area contributed by atoms with Crippen LogP contribution in [-0.2, 0) is 17.1 Å². The molecular formula is C14H12ClN3O2S2. The van der Waals surface area contributed by atoms with E-state index < -0.39 is 10.0 Å². The first-order chi connectivity index (χ1) is 10.5. The first-order valence-electron chi connectivity index (χ1n) is 6.31. The molecule has 0 amide bonds. The van der Waals surface area contributed by atoms with Crippen LogP contribution >= 0.6 is 22.9 Å². The second kappa shape index (κ2) is 5.75. The van der Waals surface area contributed by atoms with E-state index in [2.05, 4.69) is 9.82 Å². The van der Waals surface area contributed by atoms with E-state index >= 15 is 0 Å². The van der Waals surface area contributed by atoms with Crippen molar-refractivity contribution in [1.82, 2.24) is 9.78 Å². The van der Waals surface area contributed by atoms with Crippen molar-refractivity contribution >= 4 is 38.6 Å². The van der Waals surface area contributed by atoms with Crippen molar-refractivity contribution in [3.63, 3.8) is 0 Å². The van der Waals surface area contributed by atoms with E-state index in [0.717, 1.165) is 11.3 Å². The highest BCUT2D eigenvalue weighted by Gasteiger charge is 2.18. The summed E-state index contributed by atoms with van der Waals surface area (Å²) in [5, 5.41) is 6.44. The van der Waals surface area contributed by atoms with Gasteiger partial charge in [0.15, 0.2) is 0 Å².